The fourth-order valence-corrected chi connectivity index (χ4v) is 2.04. The van der Waals surface area contributed by atoms with Crippen LogP contribution in [0, 0.1) is 0 Å². The second kappa shape index (κ2) is 6.58. The van der Waals surface area contributed by atoms with E-state index in [1.165, 1.54) is 5.56 Å². The number of benzene rings is 1. The van der Waals surface area contributed by atoms with Crippen molar-refractivity contribution in [3.63, 3.8) is 0 Å². The Hall–Kier alpha value is -1.53. The van der Waals surface area contributed by atoms with Gasteiger partial charge in [0.15, 0.2) is 10.9 Å². The average molecular weight is 337 g/mol. The smallest absolute Gasteiger partial charge is 0.172 e. The predicted octanol–water partition coefficient (Wildman–Crippen LogP) is 3.29. The molecule has 98 valence electrons. The van der Waals surface area contributed by atoms with Gasteiger partial charge in [-0.1, -0.05) is 30.3 Å². The number of aromatic nitrogens is 2. The fourth-order valence-electron chi connectivity index (χ4n) is 1.55. The van der Waals surface area contributed by atoms with Gasteiger partial charge in [-0.05, 0) is 40.6 Å². The number of thiocarbonyl (C=S) groups is 1. The summed E-state index contributed by atoms with van der Waals surface area (Å²) in [5, 5.41) is 6.72. The number of nitrogens with zero attached hydrogens (tertiary/aromatic N) is 2. The number of anilines is 1. The predicted molar refractivity (Wildman–Crippen MR) is 83.9 cm³/mol. The summed E-state index contributed by atoms with van der Waals surface area (Å²) in [4.78, 5) is 8.22. The molecular formula is C13H13BrN4S. The Labute approximate surface area is 125 Å². The van der Waals surface area contributed by atoms with Crippen LogP contribution < -0.4 is 10.6 Å². The summed E-state index contributed by atoms with van der Waals surface area (Å²) in [5.74, 6) is 0.612. The molecule has 0 aliphatic rings. The summed E-state index contributed by atoms with van der Waals surface area (Å²) in [6.45, 7) is 2.05. The molecule has 0 saturated heterocycles. The monoisotopic (exact) mass is 336 g/mol. The third-order valence-corrected chi connectivity index (χ3v) is 3.14. The molecule has 0 amide bonds. The Kier molecular flexibility index (Phi) is 4.81. The van der Waals surface area contributed by atoms with E-state index in [0.29, 0.717) is 15.5 Å². The number of halogens is 1. The maximum absolute atomic E-state index is 5.24. The van der Waals surface area contributed by atoms with Gasteiger partial charge in [-0.25, -0.2) is 9.97 Å². The van der Waals surface area contributed by atoms with Crippen LogP contribution in [0.3, 0.4) is 0 Å². The highest BCUT2D eigenvalue weighted by atomic mass is 79.9. The minimum atomic E-state index is 0.129. The molecule has 0 spiro atoms. The summed E-state index contributed by atoms with van der Waals surface area (Å²) in [6, 6.07) is 10.2. The zero-order valence-corrected chi connectivity index (χ0v) is 12.7. The molecule has 19 heavy (non-hydrogen) atoms. The molecule has 1 aromatic carbocycles. The van der Waals surface area contributed by atoms with E-state index >= 15 is 0 Å². The summed E-state index contributed by atoms with van der Waals surface area (Å²) in [7, 11) is 0. The van der Waals surface area contributed by atoms with Crippen molar-refractivity contribution in [1.82, 2.24) is 15.3 Å². The van der Waals surface area contributed by atoms with Crippen LogP contribution in [0.5, 0.6) is 0 Å². The second-order valence-corrected chi connectivity index (χ2v) is 5.18. The van der Waals surface area contributed by atoms with Crippen molar-refractivity contribution < 1.29 is 0 Å². The number of nitrogens with one attached hydrogen (secondary N) is 2. The van der Waals surface area contributed by atoms with E-state index in [2.05, 4.69) is 55.6 Å². The van der Waals surface area contributed by atoms with Crippen LogP contribution in [-0.2, 0) is 0 Å². The molecule has 0 aliphatic heterocycles. The molecule has 1 aromatic heterocycles. The molecule has 1 atom stereocenters. The molecule has 0 saturated carbocycles. The number of hydrogen-bond donors (Lipinski definition) is 2. The first kappa shape index (κ1) is 13.9. The molecule has 0 bridgehead atoms. The Morgan fingerprint density at radius 2 is 1.95 bits per heavy atom. The molecule has 4 nitrogen and oxygen atoms in total. The first-order valence-electron chi connectivity index (χ1n) is 5.75. The lowest BCUT2D eigenvalue weighted by Crippen LogP contribution is -2.31. The minimum absolute atomic E-state index is 0.129. The Bertz CT molecular complexity index is 544. The van der Waals surface area contributed by atoms with Crippen molar-refractivity contribution in [3.05, 3.63) is 52.9 Å². The Morgan fingerprint density at radius 1 is 1.21 bits per heavy atom. The summed E-state index contributed by atoms with van der Waals surface area (Å²) < 4.78 is 0.689. The van der Waals surface area contributed by atoms with E-state index in [-0.39, 0.29) is 6.04 Å². The van der Waals surface area contributed by atoms with Crippen molar-refractivity contribution in [2.24, 2.45) is 0 Å². The van der Waals surface area contributed by atoms with E-state index in [9.17, 15) is 0 Å². The zero-order valence-electron chi connectivity index (χ0n) is 10.3. The van der Waals surface area contributed by atoms with Gasteiger partial charge in [0.2, 0.25) is 0 Å². The minimum Gasteiger partial charge on any atom is -0.356 e. The van der Waals surface area contributed by atoms with Gasteiger partial charge in [0.05, 0.1) is 18.4 Å². The third kappa shape index (κ3) is 4.25. The highest BCUT2D eigenvalue weighted by Gasteiger charge is 2.06. The van der Waals surface area contributed by atoms with Gasteiger partial charge in [-0.15, -0.1) is 0 Å². The van der Waals surface area contributed by atoms with Crippen LogP contribution in [0.2, 0.25) is 0 Å². The highest BCUT2D eigenvalue weighted by molar-refractivity contribution is 9.10. The number of hydrogen-bond acceptors (Lipinski definition) is 3. The SMILES string of the molecule is CC(NC(=S)Nc1cnc(Br)cn1)c1ccccc1. The van der Waals surface area contributed by atoms with Gasteiger partial charge in [0.25, 0.3) is 0 Å². The zero-order chi connectivity index (χ0) is 13.7. The van der Waals surface area contributed by atoms with Crippen molar-refractivity contribution in [1.29, 1.82) is 0 Å². The van der Waals surface area contributed by atoms with Gasteiger partial charge < -0.3 is 10.6 Å². The maximum atomic E-state index is 5.24. The highest BCUT2D eigenvalue weighted by Crippen LogP contribution is 2.11. The van der Waals surface area contributed by atoms with E-state index in [0.717, 1.165) is 0 Å². The fraction of sp³-hybridized carbons (Fsp3) is 0.154. The van der Waals surface area contributed by atoms with Crippen molar-refractivity contribution in [2.75, 3.05) is 5.32 Å². The molecule has 0 fully saturated rings. The third-order valence-electron chi connectivity index (χ3n) is 2.51. The van der Waals surface area contributed by atoms with Gasteiger partial charge in [-0.3, -0.25) is 0 Å². The lowest BCUT2D eigenvalue weighted by atomic mass is 10.1. The lowest BCUT2D eigenvalue weighted by molar-refractivity contribution is 0.722. The van der Waals surface area contributed by atoms with Gasteiger partial charge >= 0.3 is 0 Å². The molecule has 6 heteroatoms. The molecule has 0 aliphatic carbocycles. The van der Waals surface area contributed by atoms with Crippen molar-refractivity contribution in [2.45, 2.75) is 13.0 Å². The number of rotatable bonds is 3. The van der Waals surface area contributed by atoms with Crippen LogP contribution in [0.25, 0.3) is 0 Å². The van der Waals surface area contributed by atoms with Gasteiger partial charge in [0, 0.05) is 0 Å². The normalized spacial score (nSPS) is 11.7. The maximum Gasteiger partial charge on any atom is 0.172 e. The molecule has 1 heterocycles. The molecule has 2 rings (SSSR count). The van der Waals surface area contributed by atoms with Gasteiger partial charge in [0.1, 0.15) is 4.60 Å². The summed E-state index contributed by atoms with van der Waals surface area (Å²) in [5.41, 5.74) is 1.17. The molecule has 1 unspecified atom stereocenters. The van der Waals surface area contributed by atoms with Crippen molar-refractivity contribution in [3.8, 4) is 0 Å². The van der Waals surface area contributed by atoms with E-state index in [4.69, 9.17) is 12.2 Å². The topological polar surface area (TPSA) is 49.8 Å². The van der Waals surface area contributed by atoms with Crippen molar-refractivity contribution >= 4 is 39.1 Å². The summed E-state index contributed by atoms with van der Waals surface area (Å²) >= 11 is 8.48. The molecule has 2 aromatic rings. The average Bonchev–Trinajstić information content (AvgIpc) is 2.42. The van der Waals surface area contributed by atoms with Crippen LogP contribution in [0.1, 0.15) is 18.5 Å². The van der Waals surface area contributed by atoms with Crippen LogP contribution in [0.15, 0.2) is 47.3 Å². The molecule has 2 N–H and O–H groups in total. The first-order valence-corrected chi connectivity index (χ1v) is 6.95. The largest absolute Gasteiger partial charge is 0.356 e. The van der Waals surface area contributed by atoms with E-state index in [1.54, 1.807) is 12.4 Å². The quantitative estimate of drug-likeness (QED) is 0.842. The first-order chi connectivity index (χ1) is 9.15. The van der Waals surface area contributed by atoms with Crippen LogP contribution in [-0.4, -0.2) is 15.1 Å². The lowest BCUT2D eigenvalue weighted by Gasteiger charge is -2.16. The Morgan fingerprint density at radius 3 is 2.58 bits per heavy atom. The molecular weight excluding hydrogens is 324 g/mol. The van der Waals surface area contributed by atoms with E-state index < -0.39 is 0 Å². The van der Waals surface area contributed by atoms with Gasteiger partial charge in [-0.2, -0.15) is 0 Å². The van der Waals surface area contributed by atoms with Crippen LogP contribution in [0.4, 0.5) is 5.82 Å². The van der Waals surface area contributed by atoms with E-state index in [1.807, 2.05) is 18.2 Å². The van der Waals surface area contributed by atoms with Crippen LogP contribution >= 0.6 is 28.1 Å². The Balaban J connectivity index is 1.93. The molecule has 0 radical (unpaired) electrons. The standard InChI is InChI=1S/C13H13BrN4S/c1-9(10-5-3-2-4-6-10)17-13(19)18-12-8-15-11(14)7-16-12/h2-9H,1H3,(H2,16,17,18,19). The summed E-state index contributed by atoms with van der Waals surface area (Å²) in [6.07, 6.45) is 3.23. The second-order valence-electron chi connectivity index (χ2n) is 3.96.